The molecule has 0 aliphatic heterocycles. The molecule has 0 amide bonds. The number of unbranched alkanes of at least 4 members (excludes halogenated alkanes) is 1. The van der Waals surface area contributed by atoms with E-state index in [0.29, 0.717) is 0 Å². The summed E-state index contributed by atoms with van der Waals surface area (Å²) in [5.74, 6) is 0.963. The van der Waals surface area contributed by atoms with Crippen LogP contribution in [0.15, 0.2) is 4.99 Å². The highest BCUT2D eigenvalue weighted by atomic mass is 127. The predicted molar refractivity (Wildman–Crippen MR) is 96.7 cm³/mol. The van der Waals surface area contributed by atoms with Gasteiger partial charge in [0, 0.05) is 19.6 Å². The van der Waals surface area contributed by atoms with Gasteiger partial charge in [0.15, 0.2) is 5.96 Å². The summed E-state index contributed by atoms with van der Waals surface area (Å²) in [7, 11) is 0. The van der Waals surface area contributed by atoms with Crippen LogP contribution < -0.4 is 10.6 Å². The second-order valence-corrected chi connectivity index (χ2v) is 4.42. The van der Waals surface area contributed by atoms with Gasteiger partial charge in [0.1, 0.15) is 0 Å². The van der Waals surface area contributed by atoms with E-state index in [9.17, 15) is 0 Å². The Morgan fingerprint density at radius 1 is 1.00 bits per heavy atom. The summed E-state index contributed by atoms with van der Waals surface area (Å²) in [6.45, 7) is 15.0. The van der Waals surface area contributed by atoms with E-state index in [2.05, 4.69) is 48.2 Å². The van der Waals surface area contributed by atoms with Crippen molar-refractivity contribution in [1.82, 2.24) is 15.5 Å². The van der Waals surface area contributed by atoms with Gasteiger partial charge < -0.3 is 15.5 Å². The van der Waals surface area contributed by atoms with E-state index >= 15 is 0 Å². The molecular formula is C14H33IN4. The van der Waals surface area contributed by atoms with Crippen LogP contribution in [0.1, 0.15) is 47.0 Å². The normalized spacial score (nSPS) is 11.3. The molecule has 0 aliphatic carbocycles. The number of aliphatic imine (C=N–C) groups is 1. The number of halogens is 1. The lowest BCUT2D eigenvalue weighted by atomic mass is 10.3. The van der Waals surface area contributed by atoms with Crippen LogP contribution in [0.3, 0.4) is 0 Å². The van der Waals surface area contributed by atoms with Gasteiger partial charge in [0.2, 0.25) is 0 Å². The Balaban J connectivity index is 0. The third kappa shape index (κ3) is 12.7. The molecule has 0 aromatic heterocycles. The number of rotatable bonds is 10. The zero-order valence-electron chi connectivity index (χ0n) is 13.2. The van der Waals surface area contributed by atoms with Crippen molar-refractivity contribution < 1.29 is 0 Å². The molecule has 0 bridgehead atoms. The fourth-order valence-corrected chi connectivity index (χ4v) is 1.75. The predicted octanol–water partition coefficient (Wildman–Crippen LogP) is 2.69. The lowest BCUT2D eigenvalue weighted by Gasteiger charge is -2.17. The number of nitrogens with zero attached hydrogens (tertiary/aromatic N) is 2. The van der Waals surface area contributed by atoms with E-state index in [1.54, 1.807) is 0 Å². The van der Waals surface area contributed by atoms with Crippen LogP contribution >= 0.6 is 24.0 Å². The van der Waals surface area contributed by atoms with Crippen molar-refractivity contribution in [2.75, 3.05) is 39.3 Å². The quantitative estimate of drug-likeness (QED) is 0.263. The maximum atomic E-state index is 4.59. The Labute approximate surface area is 136 Å². The molecule has 0 aromatic carbocycles. The summed E-state index contributed by atoms with van der Waals surface area (Å²) in [5.41, 5.74) is 0. The first-order valence-electron chi connectivity index (χ1n) is 7.52. The van der Waals surface area contributed by atoms with Gasteiger partial charge in [0.05, 0.1) is 0 Å². The Bertz CT molecular complexity index is 206. The fraction of sp³-hybridized carbons (Fsp3) is 0.929. The second kappa shape index (κ2) is 16.0. The standard InChI is InChI=1S/C14H32N4.HI/c1-5-9-11-16-14(15-6-2)17-12-10-13-18(7-3)8-4;/h5-13H2,1-4H3,(H2,15,16,17);1H. The molecule has 0 rings (SSSR count). The molecule has 4 nitrogen and oxygen atoms in total. The largest absolute Gasteiger partial charge is 0.357 e. The summed E-state index contributed by atoms with van der Waals surface area (Å²) < 4.78 is 0. The SMILES string of the molecule is CCCCNC(=NCCCN(CC)CC)NCC.I. The molecule has 0 radical (unpaired) electrons. The zero-order chi connectivity index (χ0) is 13.6. The van der Waals surface area contributed by atoms with E-state index < -0.39 is 0 Å². The van der Waals surface area contributed by atoms with Crippen molar-refractivity contribution in [2.24, 2.45) is 4.99 Å². The van der Waals surface area contributed by atoms with Crippen molar-refractivity contribution in [3.8, 4) is 0 Å². The first-order chi connectivity index (χ1) is 8.78. The molecule has 0 fully saturated rings. The van der Waals surface area contributed by atoms with Gasteiger partial charge in [-0.3, -0.25) is 4.99 Å². The molecule has 0 unspecified atom stereocenters. The number of guanidine groups is 1. The minimum absolute atomic E-state index is 0. The highest BCUT2D eigenvalue weighted by Crippen LogP contribution is 1.91. The highest BCUT2D eigenvalue weighted by Gasteiger charge is 1.99. The van der Waals surface area contributed by atoms with Crippen molar-refractivity contribution in [3.05, 3.63) is 0 Å². The first-order valence-corrected chi connectivity index (χ1v) is 7.52. The van der Waals surface area contributed by atoms with Crippen LogP contribution in [0.25, 0.3) is 0 Å². The lowest BCUT2D eigenvalue weighted by Crippen LogP contribution is -2.38. The third-order valence-corrected chi connectivity index (χ3v) is 2.96. The third-order valence-electron chi connectivity index (χ3n) is 2.96. The van der Waals surface area contributed by atoms with Gasteiger partial charge in [-0.05, 0) is 39.4 Å². The maximum Gasteiger partial charge on any atom is 0.191 e. The number of hydrogen-bond acceptors (Lipinski definition) is 2. The topological polar surface area (TPSA) is 39.7 Å². The smallest absolute Gasteiger partial charge is 0.191 e. The molecule has 5 heteroatoms. The van der Waals surface area contributed by atoms with Gasteiger partial charge in [-0.1, -0.05) is 27.2 Å². The summed E-state index contributed by atoms with van der Waals surface area (Å²) in [5, 5.41) is 6.65. The van der Waals surface area contributed by atoms with Gasteiger partial charge in [-0.15, -0.1) is 24.0 Å². The zero-order valence-corrected chi connectivity index (χ0v) is 15.5. The van der Waals surface area contributed by atoms with E-state index in [1.165, 1.54) is 12.8 Å². The number of nitrogens with one attached hydrogen (secondary N) is 2. The first kappa shape index (κ1) is 21.3. The average molecular weight is 384 g/mol. The monoisotopic (exact) mass is 384 g/mol. The van der Waals surface area contributed by atoms with E-state index in [1.807, 2.05) is 0 Å². The Morgan fingerprint density at radius 2 is 1.68 bits per heavy atom. The second-order valence-electron chi connectivity index (χ2n) is 4.42. The van der Waals surface area contributed by atoms with Crippen LogP contribution in [-0.4, -0.2) is 50.1 Å². The molecule has 116 valence electrons. The lowest BCUT2D eigenvalue weighted by molar-refractivity contribution is 0.302. The molecular weight excluding hydrogens is 351 g/mol. The van der Waals surface area contributed by atoms with Crippen LogP contribution in [0.2, 0.25) is 0 Å². The van der Waals surface area contributed by atoms with E-state index in [0.717, 1.165) is 51.6 Å². The van der Waals surface area contributed by atoms with Gasteiger partial charge in [-0.2, -0.15) is 0 Å². The highest BCUT2D eigenvalue weighted by molar-refractivity contribution is 14.0. The van der Waals surface area contributed by atoms with Crippen molar-refractivity contribution in [3.63, 3.8) is 0 Å². The molecule has 0 spiro atoms. The van der Waals surface area contributed by atoms with E-state index in [-0.39, 0.29) is 24.0 Å². The summed E-state index contributed by atoms with van der Waals surface area (Å²) in [6, 6.07) is 0. The number of hydrogen-bond donors (Lipinski definition) is 2. The van der Waals surface area contributed by atoms with Gasteiger partial charge >= 0.3 is 0 Å². The Hall–Kier alpha value is -0.0400. The minimum Gasteiger partial charge on any atom is -0.357 e. The molecule has 0 aromatic rings. The van der Waals surface area contributed by atoms with Crippen molar-refractivity contribution >= 4 is 29.9 Å². The molecule has 0 saturated carbocycles. The van der Waals surface area contributed by atoms with Gasteiger partial charge in [0.25, 0.3) is 0 Å². The molecule has 0 atom stereocenters. The summed E-state index contributed by atoms with van der Waals surface area (Å²) in [4.78, 5) is 7.03. The van der Waals surface area contributed by atoms with Gasteiger partial charge in [-0.25, -0.2) is 0 Å². The van der Waals surface area contributed by atoms with Crippen molar-refractivity contribution in [1.29, 1.82) is 0 Å². The van der Waals surface area contributed by atoms with Crippen LogP contribution in [0.4, 0.5) is 0 Å². The summed E-state index contributed by atoms with van der Waals surface area (Å²) in [6.07, 6.45) is 3.55. The molecule has 0 aliphatic rings. The molecule has 2 N–H and O–H groups in total. The molecule has 0 saturated heterocycles. The van der Waals surface area contributed by atoms with Crippen LogP contribution in [-0.2, 0) is 0 Å². The minimum atomic E-state index is 0. The molecule has 19 heavy (non-hydrogen) atoms. The maximum absolute atomic E-state index is 4.59. The fourth-order valence-electron chi connectivity index (χ4n) is 1.75. The Kier molecular flexibility index (Phi) is 17.9. The summed E-state index contributed by atoms with van der Waals surface area (Å²) >= 11 is 0. The average Bonchev–Trinajstić information content (AvgIpc) is 2.39. The van der Waals surface area contributed by atoms with Crippen LogP contribution in [0.5, 0.6) is 0 Å². The van der Waals surface area contributed by atoms with Crippen LogP contribution in [0, 0.1) is 0 Å². The van der Waals surface area contributed by atoms with E-state index in [4.69, 9.17) is 0 Å². The molecule has 0 heterocycles. The van der Waals surface area contributed by atoms with Crippen molar-refractivity contribution in [2.45, 2.75) is 47.0 Å². The Morgan fingerprint density at radius 3 is 2.21 bits per heavy atom.